The molecule has 144 valence electrons. The van der Waals surface area contributed by atoms with Crippen LogP contribution in [0.4, 0.5) is 0 Å². The normalized spacial score (nSPS) is 10.8. The van der Waals surface area contributed by atoms with E-state index in [1.54, 1.807) is 21.3 Å². The number of benzene rings is 1. The molecule has 0 amide bonds. The van der Waals surface area contributed by atoms with Gasteiger partial charge in [0, 0.05) is 33.9 Å². The Hall–Kier alpha value is -1.22. The van der Waals surface area contributed by atoms with Crippen LogP contribution >= 0.6 is 24.0 Å². The molecule has 1 aromatic rings. The summed E-state index contributed by atoms with van der Waals surface area (Å²) in [4.78, 5) is 4.21. The van der Waals surface area contributed by atoms with Crippen LogP contribution in [0, 0.1) is 0 Å². The van der Waals surface area contributed by atoms with Crippen LogP contribution in [-0.2, 0) is 11.2 Å². The fraction of sp³-hybridized carbons (Fsp3) is 0.611. The molecule has 0 saturated heterocycles. The Morgan fingerprint density at radius 3 is 2.40 bits per heavy atom. The van der Waals surface area contributed by atoms with Gasteiger partial charge in [-0.25, -0.2) is 0 Å². The summed E-state index contributed by atoms with van der Waals surface area (Å²) in [5.74, 6) is 2.41. The summed E-state index contributed by atoms with van der Waals surface area (Å²) in [5.41, 5.74) is 1.24. The second-order valence-corrected chi connectivity index (χ2v) is 5.29. The van der Waals surface area contributed by atoms with E-state index in [0.717, 1.165) is 56.4 Å². The Balaban J connectivity index is 0.00000576. The van der Waals surface area contributed by atoms with Gasteiger partial charge in [-0.2, -0.15) is 0 Å². The predicted octanol–water partition coefficient (Wildman–Crippen LogP) is 2.85. The molecule has 0 aliphatic rings. The molecule has 0 aliphatic carbocycles. The van der Waals surface area contributed by atoms with Crippen LogP contribution in [0.2, 0.25) is 0 Å². The van der Waals surface area contributed by atoms with E-state index in [0.29, 0.717) is 6.61 Å². The van der Waals surface area contributed by atoms with Gasteiger partial charge in [0.1, 0.15) is 0 Å². The zero-order chi connectivity index (χ0) is 17.6. The minimum atomic E-state index is 0. The predicted molar refractivity (Wildman–Crippen MR) is 114 cm³/mol. The molecule has 0 aromatic heterocycles. The average Bonchev–Trinajstić information content (AvgIpc) is 2.61. The molecule has 0 unspecified atom stereocenters. The van der Waals surface area contributed by atoms with Gasteiger partial charge in [0.05, 0.1) is 13.7 Å². The van der Waals surface area contributed by atoms with E-state index in [2.05, 4.69) is 27.8 Å². The number of hydrogen-bond donors (Lipinski definition) is 2. The van der Waals surface area contributed by atoms with Gasteiger partial charge in [0.2, 0.25) is 0 Å². The van der Waals surface area contributed by atoms with Gasteiger partial charge in [-0.05, 0) is 43.9 Å². The largest absolute Gasteiger partial charge is 0.493 e. The first-order valence-electron chi connectivity index (χ1n) is 8.48. The Morgan fingerprint density at radius 2 is 1.80 bits per heavy atom. The van der Waals surface area contributed by atoms with Crippen LogP contribution in [0.3, 0.4) is 0 Å². The highest BCUT2D eigenvalue weighted by Crippen LogP contribution is 2.28. The number of aliphatic imine (C=N–C) groups is 1. The van der Waals surface area contributed by atoms with Crippen LogP contribution < -0.4 is 20.1 Å². The highest BCUT2D eigenvalue weighted by molar-refractivity contribution is 14.0. The molecule has 0 saturated carbocycles. The fourth-order valence-corrected chi connectivity index (χ4v) is 2.29. The van der Waals surface area contributed by atoms with Crippen molar-refractivity contribution < 1.29 is 14.2 Å². The third-order valence-electron chi connectivity index (χ3n) is 3.50. The third kappa shape index (κ3) is 9.74. The van der Waals surface area contributed by atoms with Crippen molar-refractivity contribution >= 4 is 29.9 Å². The van der Waals surface area contributed by atoms with Gasteiger partial charge >= 0.3 is 0 Å². The van der Waals surface area contributed by atoms with Gasteiger partial charge in [0.15, 0.2) is 17.5 Å². The van der Waals surface area contributed by atoms with Crippen LogP contribution in [0.15, 0.2) is 23.2 Å². The number of methoxy groups -OCH3 is 2. The van der Waals surface area contributed by atoms with Crippen molar-refractivity contribution in [2.24, 2.45) is 4.99 Å². The molecular weight excluding hydrogens is 433 g/mol. The van der Waals surface area contributed by atoms with E-state index in [1.807, 2.05) is 13.0 Å². The molecule has 7 heteroatoms. The number of ether oxygens (including phenoxy) is 3. The summed E-state index contributed by atoms with van der Waals surface area (Å²) < 4.78 is 16.0. The number of nitrogens with zero attached hydrogens (tertiary/aromatic N) is 1. The van der Waals surface area contributed by atoms with E-state index in [4.69, 9.17) is 14.2 Å². The van der Waals surface area contributed by atoms with Crippen LogP contribution in [-0.4, -0.2) is 53.5 Å². The van der Waals surface area contributed by atoms with Gasteiger partial charge in [-0.3, -0.25) is 4.99 Å². The quantitative estimate of drug-likeness (QED) is 0.228. The molecule has 1 rings (SSSR count). The number of hydrogen-bond acceptors (Lipinski definition) is 4. The first-order chi connectivity index (χ1) is 11.7. The SMILES string of the molecule is CCOc1cc(CCCNC(=NC)NCCCOC)ccc1OC.I. The molecule has 0 atom stereocenters. The molecule has 0 bridgehead atoms. The Labute approximate surface area is 168 Å². The van der Waals surface area contributed by atoms with Gasteiger partial charge in [-0.15, -0.1) is 24.0 Å². The monoisotopic (exact) mass is 465 g/mol. The van der Waals surface area contributed by atoms with Crippen LogP contribution in [0.1, 0.15) is 25.3 Å². The van der Waals surface area contributed by atoms with Gasteiger partial charge < -0.3 is 24.8 Å². The molecular formula is C18H32IN3O3. The lowest BCUT2D eigenvalue weighted by Gasteiger charge is -2.13. The van der Waals surface area contributed by atoms with E-state index >= 15 is 0 Å². The molecule has 0 spiro atoms. The summed E-state index contributed by atoms with van der Waals surface area (Å²) in [6.07, 6.45) is 2.94. The molecule has 1 aromatic carbocycles. The lowest BCUT2D eigenvalue weighted by atomic mass is 10.1. The summed E-state index contributed by atoms with van der Waals surface area (Å²) in [6.45, 7) is 5.07. The number of aryl methyl sites for hydroxylation is 1. The molecule has 0 heterocycles. The van der Waals surface area contributed by atoms with Crippen molar-refractivity contribution in [3.05, 3.63) is 23.8 Å². The Bertz CT molecular complexity index is 498. The maximum absolute atomic E-state index is 5.61. The molecule has 2 N–H and O–H groups in total. The van der Waals surface area contributed by atoms with Crippen LogP contribution in [0.25, 0.3) is 0 Å². The van der Waals surface area contributed by atoms with Crippen molar-refractivity contribution in [3.63, 3.8) is 0 Å². The molecule has 0 fully saturated rings. The van der Waals surface area contributed by atoms with Crippen molar-refractivity contribution in [2.75, 3.05) is 47.6 Å². The first kappa shape index (κ1) is 23.8. The summed E-state index contributed by atoms with van der Waals surface area (Å²) in [5, 5.41) is 6.59. The van der Waals surface area contributed by atoms with Crippen molar-refractivity contribution in [3.8, 4) is 11.5 Å². The maximum Gasteiger partial charge on any atom is 0.190 e. The van der Waals surface area contributed by atoms with E-state index in [1.165, 1.54) is 5.56 Å². The second-order valence-electron chi connectivity index (χ2n) is 5.29. The Morgan fingerprint density at radius 1 is 1.08 bits per heavy atom. The highest BCUT2D eigenvalue weighted by Gasteiger charge is 2.05. The number of nitrogens with one attached hydrogen (secondary N) is 2. The Kier molecular flexibility index (Phi) is 14.3. The summed E-state index contributed by atoms with van der Waals surface area (Å²) in [6, 6.07) is 6.10. The summed E-state index contributed by atoms with van der Waals surface area (Å²) in [7, 11) is 5.15. The van der Waals surface area contributed by atoms with E-state index in [-0.39, 0.29) is 24.0 Å². The molecule has 25 heavy (non-hydrogen) atoms. The molecule has 6 nitrogen and oxygen atoms in total. The molecule has 0 radical (unpaired) electrons. The molecule has 0 aliphatic heterocycles. The number of rotatable bonds is 11. The number of halogens is 1. The maximum atomic E-state index is 5.61. The zero-order valence-corrected chi connectivity index (χ0v) is 18.1. The smallest absolute Gasteiger partial charge is 0.190 e. The minimum absolute atomic E-state index is 0. The fourth-order valence-electron chi connectivity index (χ4n) is 2.29. The second kappa shape index (κ2) is 15.1. The lowest BCUT2D eigenvalue weighted by molar-refractivity contribution is 0.195. The van der Waals surface area contributed by atoms with Crippen molar-refractivity contribution in [1.82, 2.24) is 10.6 Å². The van der Waals surface area contributed by atoms with Crippen LogP contribution in [0.5, 0.6) is 11.5 Å². The number of guanidine groups is 1. The minimum Gasteiger partial charge on any atom is -0.493 e. The van der Waals surface area contributed by atoms with Crippen molar-refractivity contribution in [1.29, 1.82) is 0 Å². The van der Waals surface area contributed by atoms with Gasteiger partial charge in [-0.1, -0.05) is 6.07 Å². The highest BCUT2D eigenvalue weighted by atomic mass is 127. The first-order valence-corrected chi connectivity index (χ1v) is 8.48. The van der Waals surface area contributed by atoms with Gasteiger partial charge in [0.25, 0.3) is 0 Å². The van der Waals surface area contributed by atoms with E-state index < -0.39 is 0 Å². The topological polar surface area (TPSA) is 64.1 Å². The third-order valence-corrected chi connectivity index (χ3v) is 3.50. The van der Waals surface area contributed by atoms with Crippen molar-refractivity contribution in [2.45, 2.75) is 26.2 Å². The lowest BCUT2D eigenvalue weighted by Crippen LogP contribution is -2.38. The standard InChI is InChI=1S/C18H31N3O3.HI/c1-5-24-17-14-15(9-10-16(17)23-4)8-6-11-20-18(19-2)21-12-7-13-22-3;/h9-10,14H,5-8,11-13H2,1-4H3,(H2,19,20,21);1H. The van der Waals surface area contributed by atoms with E-state index in [9.17, 15) is 0 Å². The summed E-state index contributed by atoms with van der Waals surface area (Å²) >= 11 is 0. The average molecular weight is 465 g/mol. The zero-order valence-electron chi connectivity index (χ0n) is 15.8.